The van der Waals surface area contributed by atoms with E-state index in [2.05, 4.69) is 19.9 Å². The quantitative estimate of drug-likeness (QED) is 0.649. The molecule has 1 heterocycles. The molecule has 0 radical (unpaired) electrons. The molecule has 1 aromatic rings. The second-order valence-electron chi connectivity index (χ2n) is 3.84. The molecule has 2 nitrogen and oxygen atoms in total. The van der Waals surface area contributed by atoms with E-state index in [9.17, 15) is 0 Å². The Kier molecular flexibility index (Phi) is 1.81. The number of ether oxygens (including phenoxy) is 2. The lowest BCUT2D eigenvalue weighted by Crippen LogP contribution is -1.99. The maximum atomic E-state index is 5.55. The third-order valence-electron chi connectivity index (χ3n) is 2.42. The van der Waals surface area contributed by atoms with Gasteiger partial charge in [0.2, 0.25) is 0 Å². The topological polar surface area (TPSA) is 21.8 Å². The van der Waals surface area contributed by atoms with Crippen LogP contribution in [0.5, 0.6) is 5.75 Å². The Morgan fingerprint density at radius 2 is 1.92 bits per heavy atom. The first kappa shape index (κ1) is 8.57. The van der Waals surface area contributed by atoms with Gasteiger partial charge in [-0.1, -0.05) is 18.2 Å². The Bertz CT molecular complexity index is 318. The molecule has 1 atom stereocenters. The molecule has 2 heteroatoms. The first-order chi connectivity index (χ1) is 6.15. The summed E-state index contributed by atoms with van der Waals surface area (Å²) in [4.78, 5) is 0. The fourth-order valence-electron chi connectivity index (χ4n) is 1.59. The van der Waals surface area contributed by atoms with Gasteiger partial charge in [-0.3, -0.25) is 0 Å². The van der Waals surface area contributed by atoms with Gasteiger partial charge in [-0.05, 0) is 19.9 Å². The number of hydrogen-bond acceptors (Lipinski definition) is 2. The molecule has 1 unspecified atom stereocenters. The molecule has 0 saturated carbocycles. The zero-order valence-corrected chi connectivity index (χ0v) is 8.20. The van der Waals surface area contributed by atoms with Gasteiger partial charge in [0.1, 0.15) is 11.9 Å². The Hall–Kier alpha value is -1.02. The SMILES string of the molecule is COc1ccccc1C1OC1(C)C. The van der Waals surface area contributed by atoms with Crippen LogP contribution in [-0.2, 0) is 4.74 Å². The average Bonchev–Trinajstić information content (AvgIpc) is 2.75. The number of methoxy groups -OCH3 is 1. The van der Waals surface area contributed by atoms with Crippen LogP contribution in [0, 0.1) is 0 Å². The van der Waals surface area contributed by atoms with Crippen LogP contribution >= 0.6 is 0 Å². The Morgan fingerprint density at radius 3 is 2.46 bits per heavy atom. The fourth-order valence-corrected chi connectivity index (χ4v) is 1.59. The second-order valence-corrected chi connectivity index (χ2v) is 3.84. The van der Waals surface area contributed by atoms with Gasteiger partial charge < -0.3 is 9.47 Å². The molecular weight excluding hydrogens is 164 g/mol. The maximum absolute atomic E-state index is 5.55. The van der Waals surface area contributed by atoms with Gasteiger partial charge in [-0.25, -0.2) is 0 Å². The van der Waals surface area contributed by atoms with Crippen LogP contribution in [0.3, 0.4) is 0 Å². The van der Waals surface area contributed by atoms with Crippen molar-refractivity contribution in [2.24, 2.45) is 0 Å². The molecule has 0 aromatic heterocycles. The van der Waals surface area contributed by atoms with Crippen molar-refractivity contribution >= 4 is 0 Å². The molecular formula is C11H14O2. The predicted octanol–water partition coefficient (Wildman–Crippen LogP) is 2.55. The van der Waals surface area contributed by atoms with Gasteiger partial charge in [-0.2, -0.15) is 0 Å². The second kappa shape index (κ2) is 2.74. The summed E-state index contributed by atoms with van der Waals surface area (Å²) in [5.41, 5.74) is 1.13. The highest BCUT2D eigenvalue weighted by atomic mass is 16.6. The van der Waals surface area contributed by atoms with Gasteiger partial charge in [0.25, 0.3) is 0 Å². The standard InChI is InChI=1S/C11H14O2/c1-11(2)10(13-11)8-6-4-5-7-9(8)12-3/h4-7,10H,1-3H3. The lowest BCUT2D eigenvalue weighted by atomic mass is 10.0. The molecule has 0 amide bonds. The Labute approximate surface area is 78.5 Å². The zero-order chi connectivity index (χ0) is 9.47. The van der Waals surface area contributed by atoms with E-state index in [1.165, 1.54) is 0 Å². The van der Waals surface area contributed by atoms with Crippen molar-refractivity contribution in [2.75, 3.05) is 7.11 Å². The molecule has 0 N–H and O–H groups in total. The summed E-state index contributed by atoms with van der Waals surface area (Å²) < 4.78 is 10.8. The average molecular weight is 178 g/mol. The molecule has 70 valence electrons. The normalized spacial score (nSPS) is 24.1. The molecule has 1 aliphatic heterocycles. The highest BCUT2D eigenvalue weighted by Crippen LogP contribution is 2.51. The minimum absolute atomic E-state index is 0.0192. The first-order valence-corrected chi connectivity index (χ1v) is 4.46. The largest absolute Gasteiger partial charge is 0.496 e. The first-order valence-electron chi connectivity index (χ1n) is 4.46. The van der Waals surface area contributed by atoms with Crippen LogP contribution in [0.4, 0.5) is 0 Å². The molecule has 1 aliphatic rings. The highest BCUT2D eigenvalue weighted by Gasteiger charge is 2.49. The van der Waals surface area contributed by atoms with Gasteiger partial charge in [-0.15, -0.1) is 0 Å². The Morgan fingerprint density at radius 1 is 1.31 bits per heavy atom. The highest BCUT2D eigenvalue weighted by molar-refractivity contribution is 5.38. The molecule has 0 bridgehead atoms. The summed E-state index contributed by atoms with van der Waals surface area (Å²) in [5.74, 6) is 0.915. The van der Waals surface area contributed by atoms with Crippen molar-refractivity contribution in [3.05, 3.63) is 29.8 Å². The summed E-state index contributed by atoms with van der Waals surface area (Å²) in [6.07, 6.45) is 0.198. The van der Waals surface area contributed by atoms with Gasteiger partial charge in [0, 0.05) is 5.56 Å². The van der Waals surface area contributed by atoms with E-state index in [-0.39, 0.29) is 11.7 Å². The van der Waals surface area contributed by atoms with Crippen LogP contribution in [0.15, 0.2) is 24.3 Å². The van der Waals surface area contributed by atoms with Gasteiger partial charge in [0.15, 0.2) is 0 Å². The number of hydrogen-bond donors (Lipinski definition) is 0. The van der Waals surface area contributed by atoms with E-state index < -0.39 is 0 Å². The number of benzene rings is 1. The van der Waals surface area contributed by atoms with Crippen molar-refractivity contribution in [3.63, 3.8) is 0 Å². The summed E-state index contributed by atoms with van der Waals surface area (Å²) in [6, 6.07) is 8.00. The van der Waals surface area contributed by atoms with Crippen LogP contribution in [0.1, 0.15) is 25.5 Å². The van der Waals surface area contributed by atoms with Crippen LogP contribution < -0.4 is 4.74 Å². The third-order valence-corrected chi connectivity index (χ3v) is 2.42. The van der Waals surface area contributed by atoms with Gasteiger partial charge in [0.05, 0.1) is 12.7 Å². The summed E-state index contributed by atoms with van der Waals surface area (Å²) in [5, 5.41) is 0. The smallest absolute Gasteiger partial charge is 0.124 e. The molecule has 1 fully saturated rings. The summed E-state index contributed by atoms with van der Waals surface area (Å²) in [6.45, 7) is 4.17. The van der Waals surface area contributed by atoms with Crippen LogP contribution in [0.2, 0.25) is 0 Å². The monoisotopic (exact) mass is 178 g/mol. The minimum atomic E-state index is -0.0192. The van der Waals surface area contributed by atoms with E-state index in [1.54, 1.807) is 7.11 Å². The van der Waals surface area contributed by atoms with E-state index in [0.29, 0.717) is 0 Å². The molecule has 13 heavy (non-hydrogen) atoms. The van der Waals surface area contributed by atoms with Crippen LogP contribution in [-0.4, -0.2) is 12.7 Å². The maximum Gasteiger partial charge on any atom is 0.124 e. The lowest BCUT2D eigenvalue weighted by Gasteiger charge is -2.05. The number of rotatable bonds is 2. The lowest BCUT2D eigenvalue weighted by molar-refractivity contribution is 0.322. The fraction of sp³-hybridized carbons (Fsp3) is 0.455. The van der Waals surface area contributed by atoms with Crippen molar-refractivity contribution in [1.29, 1.82) is 0 Å². The molecule has 2 rings (SSSR count). The molecule has 0 spiro atoms. The molecule has 1 aromatic carbocycles. The number of para-hydroxylation sites is 1. The van der Waals surface area contributed by atoms with Crippen LogP contribution in [0.25, 0.3) is 0 Å². The Balaban J connectivity index is 2.31. The van der Waals surface area contributed by atoms with E-state index >= 15 is 0 Å². The summed E-state index contributed by atoms with van der Waals surface area (Å²) >= 11 is 0. The zero-order valence-electron chi connectivity index (χ0n) is 8.20. The van der Waals surface area contributed by atoms with Crippen molar-refractivity contribution in [2.45, 2.75) is 25.6 Å². The predicted molar refractivity (Wildman–Crippen MR) is 50.9 cm³/mol. The van der Waals surface area contributed by atoms with Crippen molar-refractivity contribution < 1.29 is 9.47 Å². The molecule has 1 saturated heterocycles. The van der Waals surface area contributed by atoms with Crippen molar-refractivity contribution in [1.82, 2.24) is 0 Å². The van der Waals surface area contributed by atoms with E-state index in [1.807, 2.05) is 18.2 Å². The summed E-state index contributed by atoms with van der Waals surface area (Å²) in [7, 11) is 1.69. The molecule has 0 aliphatic carbocycles. The third kappa shape index (κ3) is 1.42. The van der Waals surface area contributed by atoms with Crippen molar-refractivity contribution in [3.8, 4) is 5.75 Å². The van der Waals surface area contributed by atoms with E-state index in [0.717, 1.165) is 11.3 Å². The van der Waals surface area contributed by atoms with E-state index in [4.69, 9.17) is 9.47 Å². The van der Waals surface area contributed by atoms with Gasteiger partial charge >= 0.3 is 0 Å². The minimum Gasteiger partial charge on any atom is -0.496 e. The number of epoxide rings is 1.